The van der Waals surface area contributed by atoms with E-state index in [0.717, 1.165) is 0 Å². The van der Waals surface area contributed by atoms with Gasteiger partial charge in [0.2, 0.25) is 6.61 Å². The molecule has 0 heterocycles. The van der Waals surface area contributed by atoms with Gasteiger partial charge in [-0.2, -0.15) is 0 Å². The summed E-state index contributed by atoms with van der Waals surface area (Å²) < 4.78 is 4.92. The first-order valence-corrected chi connectivity index (χ1v) is 4.18. The largest absolute Gasteiger partial charge is 0.424 e. The normalized spacial score (nSPS) is 10.1. The van der Waals surface area contributed by atoms with Gasteiger partial charge in [0, 0.05) is 6.21 Å². The van der Waals surface area contributed by atoms with Crippen LogP contribution in [0.3, 0.4) is 0 Å². The van der Waals surface area contributed by atoms with Crippen LogP contribution in [0.1, 0.15) is 6.92 Å². The van der Waals surface area contributed by atoms with Crippen LogP contribution in [0, 0.1) is 0 Å². The van der Waals surface area contributed by atoms with E-state index in [1.165, 1.54) is 6.21 Å². The molecule has 0 unspecified atom stereocenters. The van der Waals surface area contributed by atoms with Gasteiger partial charge in [-0.25, -0.2) is 4.79 Å². The Balaban J connectivity index is 2.34. The second kappa shape index (κ2) is 5.75. The van der Waals surface area contributed by atoms with Crippen LogP contribution in [-0.2, 0) is 9.63 Å². The number of oxime groups is 1. The van der Waals surface area contributed by atoms with Crippen LogP contribution < -0.4 is 4.74 Å². The van der Waals surface area contributed by atoms with Crippen LogP contribution in [0.4, 0.5) is 0 Å². The minimum Gasteiger partial charge on any atom is -0.424 e. The molecule has 4 heteroatoms. The number of hydrogen-bond donors (Lipinski definition) is 0. The fourth-order valence-electron chi connectivity index (χ4n) is 0.814. The molecule has 0 aromatic heterocycles. The summed E-state index contributed by atoms with van der Waals surface area (Å²) in [4.78, 5) is 15.7. The summed E-state index contributed by atoms with van der Waals surface area (Å²) >= 11 is 0. The predicted octanol–water partition coefficient (Wildman–Crippen LogP) is 1.61. The Hall–Kier alpha value is -1.84. The van der Waals surface area contributed by atoms with Crippen molar-refractivity contribution in [2.75, 3.05) is 6.61 Å². The summed E-state index contributed by atoms with van der Waals surface area (Å²) in [7, 11) is 0. The van der Waals surface area contributed by atoms with Crippen LogP contribution >= 0.6 is 0 Å². The third-order valence-electron chi connectivity index (χ3n) is 1.34. The molecule has 1 aromatic rings. The fraction of sp³-hybridized carbons (Fsp3) is 0.200. The molecule has 74 valence electrons. The number of ether oxygens (including phenoxy) is 1. The van der Waals surface area contributed by atoms with Gasteiger partial charge in [0.05, 0.1) is 0 Å². The van der Waals surface area contributed by atoms with Gasteiger partial charge in [-0.05, 0) is 19.1 Å². The molecule has 1 aromatic carbocycles. The number of carbonyl (C=O) groups excluding carboxylic acids is 1. The van der Waals surface area contributed by atoms with Crippen molar-refractivity contribution in [3.8, 4) is 5.75 Å². The van der Waals surface area contributed by atoms with Gasteiger partial charge in [0.15, 0.2) is 0 Å². The molecule has 0 saturated carbocycles. The summed E-state index contributed by atoms with van der Waals surface area (Å²) in [5.41, 5.74) is 0. The minimum atomic E-state index is -0.471. The summed E-state index contributed by atoms with van der Waals surface area (Å²) in [5.74, 6) is 0.0309. The second-order valence-corrected chi connectivity index (χ2v) is 2.42. The highest BCUT2D eigenvalue weighted by atomic mass is 16.6. The summed E-state index contributed by atoms with van der Waals surface area (Å²) in [6, 6.07) is 8.80. The molecular weight excluding hydrogens is 182 g/mol. The van der Waals surface area contributed by atoms with E-state index in [9.17, 15) is 4.79 Å². The van der Waals surface area contributed by atoms with Gasteiger partial charge in [-0.3, -0.25) is 0 Å². The van der Waals surface area contributed by atoms with Crippen LogP contribution in [0.25, 0.3) is 0 Å². The van der Waals surface area contributed by atoms with Gasteiger partial charge in [-0.15, -0.1) is 0 Å². The maximum atomic E-state index is 11.1. The van der Waals surface area contributed by atoms with Gasteiger partial charge >= 0.3 is 5.97 Å². The zero-order valence-corrected chi connectivity index (χ0v) is 7.84. The standard InChI is InChI=1S/C10H11NO3/c1-2-11-13-8-10(12)14-9-6-4-3-5-7-9/h2-7H,8H2,1H3/b11-2-. The van der Waals surface area contributed by atoms with Crippen molar-refractivity contribution in [2.24, 2.45) is 5.16 Å². The van der Waals surface area contributed by atoms with Crippen LogP contribution in [0.2, 0.25) is 0 Å². The maximum absolute atomic E-state index is 11.1. The number of nitrogens with zero attached hydrogens (tertiary/aromatic N) is 1. The van der Waals surface area contributed by atoms with E-state index in [1.54, 1.807) is 31.2 Å². The highest BCUT2D eigenvalue weighted by Gasteiger charge is 2.03. The lowest BCUT2D eigenvalue weighted by molar-refractivity contribution is -0.139. The summed E-state index contributed by atoms with van der Waals surface area (Å²) in [5, 5.41) is 3.43. The minimum absolute atomic E-state index is 0.181. The first-order chi connectivity index (χ1) is 6.83. The molecule has 0 bridgehead atoms. The third kappa shape index (κ3) is 3.71. The monoisotopic (exact) mass is 193 g/mol. The van der Waals surface area contributed by atoms with Crippen molar-refractivity contribution < 1.29 is 14.4 Å². The highest BCUT2D eigenvalue weighted by Crippen LogP contribution is 2.08. The van der Waals surface area contributed by atoms with Crippen LogP contribution in [0.15, 0.2) is 35.5 Å². The van der Waals surface area contributed by atoms with E-state index in [1.807, 2.05) is 6.07 Å². The Morgan fingerprint density at radius 3 is 2.79 bits per heavy atom. The predicted molar refractivity (Wildman–Crippen MR) is 52.2 cm³/mol. The molecule has 0 atom stereocenters. The molecule has 0 aliphatic carbocycles. The Kier molecular flexibility index (Phi) is 4.20. The van der Waals surface area contributed by atoms with Crippen molar-refractivity contribution >= 4 is 12.2 Å². The lowest BCUT2D eigenvalue weighted by Crippen LogP contribution is -2.13. The number of esters is 1. The number of rotatable bonds is 4. The van der Waals surface area contributed by atoms with Gasteiger partial charge in [-0.1, -0.05) is 23.4 Å². The van der Waals surface area contributed by atoms with Gasteiger partial charge in [0.1, 0.15) is 5.75 Å². The SMILES string of the molecule is C/C=N\OCC(=O)Oc1ccccc1. The molecule has 0 radical (unpaired) electrons. The lowest BCUT2D eigenvalue weighted by atomic mass is 10.3. The Morgan fingerprint density at radius 1 is 1.43 bits per heavy atom. The van der Waals surface area contributed by atoms with E-state index in [-0.39, 0.29) is 6.61 Å². The Bertz CT molecular complexity index is 308. The molecule has 4 nitrogen and oxygen atoms in total. The number of carbonyl (C=O) groups is 1. The fourth-order valence-corrected chi connectivity index (χ4v) is 0.814. The van der Waals surface area contributed by atoms with E-state index in [4.69, 9.17) is 4.74 Å². The van der Waals surface area contributed by atoms with E-state index >= 15 is 0 Å². The molecular formula is C10H11NO3. The zero-order valence-electron chi connectivity index (χ0n) is 7.84. The smallest absolute Gasteiger partial charge is 0.352 e. The molecule has 1 rings (SSSR count). The van der Waals surface area contributed by atoms with Gasteiger partial charge in [0.25, 0.3) is 0 Å². The molecule has 0 spiro atoms. The number of benzene rings is 1. The summed E-state index contributed by atoms with van der Waals surface area (Å²) in [6.45, 7) is 1.52. The van der Waals surface area contributed by atoms with Crippen LogP contribution in [-0.4, -0.2) is 18.8 Å². The topological polar surface area (TPSA) is 47.9 Å². The van der Waals surface area contributed by atoms with Crippen molar-refractivity contribution in [1.29, 1.82) is 0 Å². The summed E-state index contributed by atoms with van der Waals surface area (Å²) in [6.07, 6.45) is 1.45. The van der Waals surface area contributed by atoms with E-state index in [2.05, 4.69) is 9.99 Å². The van der Waals surface area contributed by atoms with Crippen molar-refractivity contribution in [2.45, 2.75) is 6.92 Å². The van der Waals surface area contributed by atoms with E-state index < -0.39 is 5.97 Å². The average molecular weight is 193 g/mol. The second-order valence-electron chi connectivity index (χ2n) is 2.42. The Morgan fingerprint density at radius 2 is 2.14 bits per heavy atom. The molecule has 0 aliphatic heterocycles. The van der Waals surface area contributed by atoms with Crippen molar-refractivity contribution in [3.05, 3.63) is 30.3 Å². The molecule has 0 saturated heterocycles. The van der Waals surface area contributed by atoms with Crippen LogP contribution in [0.5, 0.6) is 5.75 Å². The molecule has 0 N–H and O–H groups in total. The third-order valence-corrected chi connectivity index (χ3v) is 1.34. The highest BCUT2D eigenvalue weighted by molar-refractivity contribution is 5.73. The maximum Gasteiger partial charge on any atom is 0.352 e. The zero-order chi connectivity index (χ0) is 10.2. The van der Waals surface area contributed by atoms with Gasteiger partial charge < -0.3 is 9.57 Å². The first-order valence-electron chi connectivity index (χ1n) is 4.18. The quantitative estimate of drug-likeness (QED) is 0.316. The lowest BCUT2D eigenvalue weighted by Gasteiger charge is -2.01. The Labute approximate surface area is 82.1 Å². The molecule has 0 amide bonds. The molecule has 0 aliphatic rings. The average Bonchev–Trinajstić information content (AvgIpc) is 2.20. The van der Waals surface area contributed by atoms with Crippen molar-refractivity contribution in [1.82, 2.24) is 0 Å². The number of para-hydroxylation sites is 1. The van der Waals surface area contributed by atoms with Crippen molar-refractivity contribution in [3.63, 3.8) is 0 Å². The number of hydrogen-bond acceptors (Lipinski definition) is 4. The first kappa shape index (κ1) is 10.2. The molecule has 0 fully saturated rings. The van der Waals surface area contributed by atoms with E-state index in [0.29, 0.717) is 5.75 Å². The molecule has 14 heavy (non-hydrogen) atoms.